The molecule has 1 saturated heterocycles. The topological polar surface area (TPSA) is 41.1 Å². The fraction of sp³-hybridized carbons (Fsp3) is 0.412. The van der Waals surface area contributed by atoms with Crippen LogP contribution in [-0.2, 0) is 0 Å². The van der Waals surface area contributed by atoms with Crippen LogP contribution in [0.15, 0.2) is 30.3 Å². The number of nitrogens with one attached hydrogen (secondary N) is 1. The number of rotatable bonds is 3. The molecule has 1 aliphatic heterocycles. The largest absolute Gasteiger partial charge is 0.341 e. The summed E-state index contributed by atoms with van der Waals surface area (Å²) in [5.74, 6) is 2.42. The SMILES string of the molecule is Cc1cc(Nc2cccc(Cl)c2)nc(N2CCC(C)CC2)n1. The van der Waals surface area contributed by atoms with Gasteiger partial charge in [-0.1, -0.05) is 24.6 Å². The van der Waals surface area contributed by atoms with E-state index in [0.717, 1.165) is 42.2 Å². The van der Waals surface area contributed by atoms with Gasteiger partial charge < -0.3 is 10.2 Å². The Morgan fingerprint density at radius 1 is 1.18 bits per heavy atom. The predicted octanol–water partition coefficient (Wildman–Crippen LogP) is 4.42. The standard InChI is InChI=1S/C17H21ClN4/c1-12-6-8-22(9-7-12)17-19-13(2)10-16(21-17)20-15-5-3-4-14(18)11-15/h3-5,10-12H,6-9H2,1-2H3,(H,19,20,21). The van der Waals surface area contributed by atoms with E-state index in [2.05, 4.69) is 27.1 Å². The highest BCUT2D eigenvalue weighted by atomic mass is 35.5. The molecule has 2 aromatic rings. The minimum atomic E-state index is 0.709. The summed E-state index contributed by atoms with van der Waals surface area (Å²) in [4.78, 5) is 11.5. The van der Waals surface area contributed by atoms with Crippen molar-refractivity contribution in [2.45, 2.75) is 26.7 Å². The molecule has 2 heterocycles. The van der Waals surface area contributed by atoms with Gasteiger partial charge in [-0.05, 0) is 43.9 Å². The summed E-state index contributed by atoms with van der Waals surface area (Å²) >= 11 is 6.03. The van der Waals surface area contributed by atoms with Gasteiger partial charge in [0.05, 0.1) is 0 Å². The van der Waals surface area contributed by atoms with Gasteiger partial charge in [-0.25, -0.2) is 4.98 Å². The van der Waals surface area contributed by atoms with E-state index >= 15 is 0 Å². The number of hydrogen-bond acceptors (Lipinski definition) is 4. The summed E-state index contributed by atoms with van der Waals surface area (Å²) in [6.45, 7) is 6.37. The van der Waals surface area contributed by atoms with Gasteiger partial charge in [-0.2, -0.15) is 4.98 Å². The molecule has 0 radical (unpaired) electrons. The molecule has 1 N–H and O–H groups in total. The molecule has 4 nitrogen and oxygen atoms in total. The van der Waals surface area contributed by atoms with Gasteiger partial charge in [0.2, 0.25) is 5.95 Å². The summed E-state index contributed by atoms with van der Waals surface area (Å²) in [6, 6.07) is 9.60. The highest BCUT2D eigenvalue weighted by molar-refractivity contribution is 6.30. The van der Waals surface area contributed by atoms with Crippen molar-refractivity contribution >= 4 is 29.1 Å². The van der Waals surface area contributed by atoms with Crippen LogP contribution < -0.4 is 10.2 Å². The molecule has 1 fully saturated rings. The molecule has 0 bridgehead atoms. The minimum Gasteiger partial charge on any atom is -0.341 e. The Balaban J connectivity index is 1.80. The maximum Gasteiger partial charge on any atom is 0.227 e. The molecule has 0 unspecified atom stereocenters. The van der Waals surface area contributed by atoms with Crippen LogP contribution in [0.1, 0.15) is 25.5 Å². The summed E-state index contributed by atoms with van der Waals surface area (Å²) < 4.78 is 0. The number of anilines is 3. The quantitative estimate of drug-likeness (QED) is 0.910. The fourth-order valence-electron chi connectivity index (χ4n) is 2.68. The first-order chi connectivity index (χ1) is 10.6. The van der Waals surface area contributed by atoms with Crippen molar-refractivity contribution in [2.24, 2.45) is 5.92 Å². The summed E-state index contributed by atoms with van der Waals surface area (Å²) in [5.41, 5.74) is 1.90. The molecule has 1 aromatic heterocycles. The number of aromatic nitrogens is 2. The van der Waals surface area contributed by atoms with Crippen LogP contribution in [0.5, 0.6) is 0 Å². The van der Waals surface area contributed by atoms with Crippen molar-refractivity contribution in [2.75, 3.05) is 23.3 Å². The molecule has 3 rings (SSSR count). The number of halogens is 1. The zero-order valence-corrected chi connectivity index (χ0v) is 13.8. The van der Waals surface area contributed by atoms with Crippen molar-refractivity contribution in [1.82, 2.24) is 9.97 Å². The molecule has 1 aliphatic rings. The summed E-state index contributed by atoms with van der Waals surface area (Å²) in [5, 5.41) is 4.02. The zero-order valence-electron chi connectivity index (χ0n) is 13.0. The third-order valence-electron chi connectivity index (χ3n) is 4.01. The van der Waals surface area contributed by atoms with Gasteiger partial charge in [0.15, 0.2) is 0 Å². The maximum absolute atomic E-state index is 6.03. The lowest BCUT2D eigenvalue weighted by atomic mass is 10.00. The first kappa shape index (κ1) is 15.1. The normalized spacial score (nSPS) is 15.9. The Kier molecular flexibility index (Phi) is 4.48. The smallest absolute Gasteiger partial charge is 0.227 e. The molecule has 0 saturated carbocycles. The first-order valence-electron chi connectivity index (χ1n) is 7.73. The highest BCUT2D eigenvalue weighted by Gasteiger charge is 2.18. The van der Waals surface area contributed by atoms with Gasteiger partial charge >= 0.3 is 0 Å². The zero-order chi connectivity index (χ0) is 15.5. The lowest BCUT2D eigenvalue weighted by molar-refractivity contribution is 0.434. The van der Waals surface area contributed by atoms with E-state index in [-0.39, 0.29) is 0 Å². The van der Waals surface area contributed by atoms with Gasteiger partial charge in [0.1, 0.15) is 5.82 Å². The minimum absolute atomic E-state index is 0.709. The third-order valence-corrected chi connectivity index (χ3v) is 4.24. The maximum atomic E-state index is 6.03. The van der Waals surface area contributed by atoms with E-state index in [0.29, 0.717) is 5.02 Å². The molecule has 5 heteroatoms. The van der Waals surface area contributed by atoms with E-state index in [9.17, 15) is 0 Å². The Morgan fingerprint density at radius 3 is 2.68 bits per heavy atom. The van der Waals surface area contributed by atoms with Crippen molar-refractivity contribution < 1.29 is 0 Å². The molecular weight excluding hydrogens is 296 g/mol. The third kappa shape index (κ3) is 3.69. The van der Waals surface area contributed by atoms with E-state index in [1.807, 2.05) is 37.3 Å². The van der Waals surface area contributed by atoms with Crippen LogP contribution in [0.25, 0.3) is 0 Å². The molecule has 0 spiro atoms. The monoisotopic (exact) mass is 316 g/mol. The first-order valence-corrected chi connectivity index (χ1v) is 8.11. The number of piperidine rings is 1. The molecule has 1 aromatic carbocycles. The van der Waals surface area contributed by atoms with Crippen LogP contribution in [0.4, 0.5) is 17.5 Å². The number of hydrogen-bond donors (Lipinski definition) is 1. The highest BCUT2D eigenvalue weighted by Crippen LogP contribution is 2.24. The second kappa shape index (κ2) is 6.53. The molecule has 0 aliphatic carbocycles. The van der Waals surface area contributed by atoms with Crippen LogP contribution in [-0.4, -0.2) is 23.1 Å². The lowest BCUT2D eigenvalue weighted by Crippen LogP contribution is -2.34. The van der Waals surface area contributed by atoms with Crippen molar-refractivity contribution in [1.29, 1.82) is 0 Å². The second-order valence-electron chi connectivity index (χ2n) is 6.00. The van der Waals surface area contributed by atoms with Crippen molar-refractivity contribution in [3.63, 3.8) is 0 Å². The van der Waals surface area contributed by atoms with Crippen LogP contribution in [0.2, 0.25) is 5.02 Å². The van der Waals surface area contributed by atoms with Gasteiger partial charge in [-0.15, -0.1) is 0 Å². The molecule has 0 amide bonds. The lowest BCUT2D eigenvalue weighted by Gasteiger charge is -2.30. The Morgan fingerprint density at radius 2 is 1.95 bits per heavy atom. The van der Waals surface area contributed by atoms with E-state index in [1.165, 1.54) is 12.8 Å². The van der Waals surface area contributed by atoms with E-state index in [4.69, 9.17) is 11.6 Å². The fourth-order valence-corrected chi connectivity index (χ4v) is 2.87. The van der Waals surface area contributed by atoms with Crippen molar-refractivity contribution in [3.8, 4) is 0 Å². The molecule has 0 atom stereocenters. The average Bonchev–Trinajstić information content (AvgIpc) is 2.47. The average molecular weight is 317 g/mol. The Bertz CT molecular complexity index is 651. The van der Waals surface area contributed by atoms with Crippen LogP contribution in [0.3, 0.4) is 0 Å². The predicted molar refractivity (Wildman–Crippen MR) is 92.1 cm³/mol. The van der Waals surface area contributed by atoms with Gasteiger partial charge in [0.25, 0.3) is 0 Å². The number of aryl methyl sites for hydroxylation is 1. The van der Waals surface area contributed by atoms with Crippen LogP contribution >= 0.6 is 11.6 Å². The van der Waals surface area contributed by atoms with Gasteiger partial charge in [-0.3, -0.25) is 0 Å². The second-order valence-corrected chi connectivity index (χ2v) is 6.44. The number of benzene rings is 1. The van der Waals surface area contributed by atoms with E-state index < -0.39 is 0 Å². The summed E-state index contributed by atoms with van der Waals surface area (Å²) in [7, 11) is 0. The molecule has 22 heavy (non-hydrogen) atoms. The number of nitrogens with zero attached hydrogens (tertiary/aromatic N) is 3. The summed E-state index contributed by atoms with van der Waals surface area (Å²) in [6.07, 6.45) is 2.41. The molecule has 116 valence electrons. The Hall–Kier alpha value is -1.81. The van der Waals surface area contributed by atoms with Crippen molar-refractivity contribution in [3.05, 3.63) is 41.0 Å². The Labute approximate surface area is 136 Å². The van der Waals surface area contributed by atoms with Crippen LogP contribution in [0, 0.1) is 12.8 Å². The van der Waals surface area contributed by atoms with Gasteiger partial charge in [0, 0.05) is 35.6 Å². The van der Waals surface area contributed by atoms with E-state index in [1.54, 1.807) is 0 Å². The molecular formula is C17H21ClN4.